The smallest absolute Gasteiger partial charge is 0.251 e. The minimum Gasteiger partial charge on any atom is -0.351 e. The zero-order valence-corrected chi connectivity index (χ0v) is 12.2. The number of amides is 1. The Morgan fingerprint density at radius 1 is 1.47 bits per heavy atom. The van der Waals surface area contributed by atoms with Crippen molar-refractivity contribution >= 4 is 33.6 Å². The molecule has 17 heavy (non-hydrogen) atoms. The molecule has 1 aromatic carbocycles. The summed E-state index contributed by atoms with van der Waals surface area (Å²) < 4.78 is 1.22. The number of benzene rings is 1. The molecular weight excluding hydrogens is 298 g/mol. The molecule has 1 atom stereocenters. The summed E-state index contributed by atoms with van der Waals surface area (Å²) in [6.45, 7) is 2.99. The summed E-state index contributed by atoms with van der Waals surface area (Å²) in [5.41, 5.74) is 0.722. The second-order valence-corrected chi connectivity index (χ2v) is 7.19. The molecule has 0 aromatic heterocycles. The lowest BCUT2D eigenvalue weighted by Crippen LogP contribution is -2.36. The highest BCUT2D eigenvalue weighted by molar-refractivity contribution is 9.10. The molecule has 1 saturated heterocycles. The molecule has 1 aliphatic heterocycles. The van der Waals surface area contributed by atoms with E-state index in [0.717, 1.165) is 16.6 Å². The number of hydrogen-bond donors (Lipinski definition) is 1. The first-order valence-corrected chi connectivity index (χ1v) is 7.55. The van der Waals surface area contributed by atoms with Gasteiger partial charge in [0.05, 0.1) is 0 Å². The highest BCUT2D eigenvalue weighted by atomic mass is 79.9. The summed E-state index contributed by atoms with van der Waals surface area (Å²) in [4.78, 5) is 11.9. The van der Waals surface area contributed by atoms with Crippen LogP contribution < -0.4 is 5.32 Å². The fraction of sp³-hybridized carbons (Fsp3) is 0.462. The van der Waals surface area contributed by atoms with E-state index in [1.807, 2.05) is 36.0 Å². The van der Waals surface area contributed by atoms with Crippen LogP contribution in [0.15, 0.2) is 28.7 Å². The maximum atomic E-state index is 11.9. The molecule has 1 aliphatic rings. The first-order chi connectivity index (χ1) is 8.09. The minimum atomic E-state index is 0.0197. The summed E-state index contributed by atoms with van der Waals surface area (Å²) in [6, 6.07) is 7.45. The monoisotopic (exact) mass is 313 g/mol. The van der Waals surface area contributed by atoms with Crippen LogP contribution in [0.25, 0.3) is 0 Å². The maximum Gasteiger partial charge on any atom is 0.251 e. The van der Waals surface area contributed by atoms with E-state index in [2.05, 4.69) is 28.2 Å². The molecule has 92 valence electrons. The van der Waals surface area contributed by atoms with E-state index in [0.29, 0.717) is 0 Å². The van der Waals surface area contributed by atoms with Crippen molar-refractivity contribution in [2.24, 2.45) is 0 Å². The van der Waals surface area contributed by atoms with Gasteiger partial charge in [-0.3, -0.25) is 4.79 Å². The van der Waals surface area contributed by atoms with E-state index in [4.69, 9.17) is 0 Å². The average molecular weight is 314 g/mol. The highest BCUT2D eigenvalue weighted by Crippen LogP contribution is 2.36. The van der Waals surface area contributed by atoms with Crippen LogP contribution in [0.5, 0.6) is 0 Å². The molecule has 4 heteroatoms. The molecule has 1 N–H and O–H groups in total. The van der Waals surface area contributed by atoms with Crippen LogP contribution in [-0.2, 0) is 0 Å². The molecule has 2 rings (SSSR count). The Bertz CT molecular complexity index is 398. The van der Waals surface area contributed by atoms with Crippen LogP contribution in [-0.4, -0.2) is 23.0 Å². The van der Waals surface area contributed by atoms with Crippen molar-refractivity contribution < 1.29 is 4.79 Å². The fourth-order valence-corrected chi connectivity index (χ4v) is 3.46. The van der Waals surface area contributed by atoms with Crippen molar-refractivity contribution in [3.05, 3.63) is 34.3 Å². The zero-order valence-electron chi connectivity index (χ0n) is 9.83. The lowest BCUT2D eigenvalue weighted by molar-refractivity contribution is 0.0950. The predicted molar refractivity (Wildman–Crippen MR) is 76.6 cm³/mol. The van der Waals surface area contributed by atoms with Gasteiger partial charge in [-0.1, -0.05) is 15.9 Å². The summed E-state index contributed by atoms with van der Waals surface area (Å²) in [7, 11) is 0. The summed E-state index contributed by atoms with van der Waals surface area (Å²) in [6.07, 6.45) is 2.45. The Hall–Kier alpha value is -0.480. The first kappa shape index (κ1) is 13.0. The lowest BCUT2D eigenvalue weighted by atomic mass is 10.1. The van der Waals surface area contributed by atoms with Gasteiger partial charge in [0.1, 0.15) is 0 Å². The summed E-state index contributed by atoms with van der Waals surface area (Å²) in [5.74, 6) is 1.23. The molecule has 1 heterocycles. The van der Waals surface area contributed by atoms with Gasteiger partial charge in [0, 0.05) is 21.3 Å². The quantitative estimate of drug-likeness (QED) is 0.926. The van der Waals surface area contributed by atoms with E-state index >= 15 is 0 Å². The standard InChI is InChI=1S/C13H16BrNOS/c1-13(7-2-8-17-13)9-15-12(16)10-3-5-11(14)6-4-10/h3-6H,2,7-9H2,1H3,(H,15,16). The Morgan fingerprint density at radius 2 is 2.18 bits per heavy atom. The number of halogens is 1. The first-order valence-electron chi connectivity index (χ1n) is 5.77. The third kappa shape index (κ3) is 3.49. The van der Waals surface area contributed by atoms with E-state index in [-0.39, 0.29) is 10.7 Å². The molecular formula is C13H16BrNOS. The average Bonchev–Trinajstić information content (AvgIpc) is 2.75. The number of carbonyl (C=O) groups excluding carboxylic acids is 1. The van der Waals surface area contributed by atoms with Crippen LogP contribution in [0.1, 0.15) is 30.1 Å². The van der Waals surface area contributed by atoms with Gasteiger partial charge in [0.15, 0.2) is 0 Å². The zero-order chi connectivity index (χ0) is 12.3. The third-order valence-electron chi connectivity index (χ3n) is 3.03. The van der Waals surface area contributed by atoms with Crippen LogP contribution in [0.3, 0.4) is 0 Å². The Balaban J connectivity index is 1.91. The second-order valence-electron chi connectivity index (χ2n) is 4.59. The van der Waals surface area contributed by atoms with E-state index in [9.17, 15) is 4.79 Å². The Labute approximate surface area is 115 Å². The van der Waals surface area contributed by atoms with Crippen molar-refractivity contribution in [2.75, 3.05) is 12.3 Å². The van der Waals surface area contributed by atoms with Gasteiger partial charge in [-0.25, -0.2) is 0 Å². The molecule has 1 aromatic rings. The SMILES string of the molecule is CC1(CNC(=O)c2ccc(Br)cc2)CCCS1. The molecule has 0 saturated carbocycles. The van der Waals surface area contributed by atoms with Crippen molar-refractivity contribution in [1.29, 1.82) is 0 Å². The minimum absolute atomic E-state index is 0.0197. The van der Waals surface area contributed by atoms with Crippen LogP contribution in [0.2, 0.25) is 0 Å². The second kappa shape index (κ2) is 5.44. The molecule has 1 unspecified atom stereocenters. The molecule has 0 aliphatic carbocycles. The normalized spacial score (nSPS) is 23.6. The molecule has 0 bridgehead atoms. The summed E-state index contributed by atoms with van der Waals surface area (Å²) in [5, 5.41) is 3.03. The number of carbonyl (C=O) groups is 1. The number of hydrogen-bond acceptors (Lipinski definition) is 2. The molecule has 1 amide bonds. The fourth-order valence-electron chi connectivity index (χ4n) is 1.95. The van der Waals surface area contributed by atoms with Gasteiger partial charge < -0.3 is 5.32 Å². The van der Waals surface area contributed by atoms with Gasteiger partial charge in [-0.05, 0) is 49.8 Å². The molecule has 1 fully saturated rings. The van der Waals surface area contributed by atoms with E-state index < -0.39 is 0 Å². The van der Waals surface area contributed by atoms with Crippen LogP contribution >= 0.6 is 27.7 Å². The van der Waals surface area contributed by atoms with E-state index in [1.54, 1.807) is 0 Å². The number of thioether (sulfide) groups is 1. The highest BCUT2D eigenvalue weighted by Gasteiger charge is 2.29. The van der Waals surface area contributed by atoms with Crippen molar-refractivity contribution in [3.8, 4) is 0 Å². The van der Waals surface area contributed by atoms with Crippen molar-refractivity contribution in [2.45, 2.75) is 24.5 Å². The Kier molecular flexibility index (Phi) is 4.15. The van der Waals surface area contributed by atoms with Crippen molar-refractivity contribution in [3.63, 3.8) is 0 Å². The topological polar surface area (TPSA) is 29.1 Å². The Morgan fingerprint density at radius 3 is 2.76 bits per heavy atom. The summed E-state index contributed by atoms with van der Waals surface area (Å²) >= 11 is 5.32. The van der Waals surface area contributed by atoms with Gasteiger partial charge in [-0.2, -0.15) is 11.8 Å². The maximum absolute atomic E-state index is 11.9. The van der Waals surface area contributed by atoms with Crippen molar-refractivity contribution in [1.82, 2.24) is 5.32 Å². The third-order valence-corrected chi connectivity index (χ3v) is 5.10. The van der Waals surface area contributed by atoms with Gasteiger partial charge in [0.25, 0.3) is 5.91 Å². The molecule has 2 nitrogen and oxygen atoms in total. The molecule has 0 spiro atoms. The number of rotatable bonds is 3. The lowest BCUT2D eigenvalue weighted by Gasteiger charge is -2.22. The van der Waals surface area contributed by atoms with Gasteiger partial charge in [-0.15, -0.1) is 0 Å². The predicted octanol–water partition coefficient (Wildman–Crippen LogP) is 3.46. The van der Waals surface area contributed by atoms with Gasteiger partial charge in [0.2, 0.25) is 0 Å². The van der Waals surface area contributed by atoms with E-state index in [1.165, 1.54) is 18.6 Å². The molecule has 0 radical (unpaired) electrons. The largest absolute Gasteiger partial charge is 0.351 e. The van der Waals surface area contributed by atoms with Gasteiger partial charge >= 0.3 is 0 Å². The van der Waals surface area contributed by atoms with Crippen LogP contribution in [0.4, 0.5) is 0 Å². The number of nitrogens with one attached hydrogen (secondary N) is 1. The van der Waals surface area contributed by atoms with Crippen LogP contribution in [0, 0.1) is 0 Å².